The molecular weight excluding hydrogens is 296 g/mol. The van der Waals surface area contributed by atoms with Crippen molar-refractivity contribution in [2.75, 3.05) is 6.54 Å². The van der Waals surface area contributed by atoms with Crippen molar-refractivity contribution in [3.05, 3.63) is 71.3 Å². The van der Waals surface area contributed by atoms with Crippen LogP contribution in [0.1, 0.15) is 55.3 Å². The molecule has 126 valence electrons. The number of hydrogen-bond acceptors (Lipinski definition) is 2. The molecule has 0 aromatic heterocycles. The Labute approximate surface area is 144 Å². The van der Waals surface area contributed by atoms with Crippen LogP contribution in [0.15, 0.2) is 54.6 Å². The summed E-state index contributed by atoms with van der Waals surface area (Å²) in [5, 5.41) is 0. The van der Waals surface area contributed by atoms with Crippen molar-refractivity contribution in [2.45, 2.75) is 44.7 Å². The fourth-order valence-corrected chi connectivity index (χ4v) is 3.68. The molecule has 2 aromatic carbocycles. The van der Waals surface area contributed by atoms with Crippen molar-refractivity contribution in [1.29, 1.82) is 0 Å². The molecule has 1 saturated heterocycles. The van der Waals surface area contributed by atoms with Crippen LogP contribution in [0.2, 0.25) is 0 Å². The number of hydrogen-bond donors (Lipinski definition) is 1. The van der Waals surface area contributed by atoms with Gasteiger partial charge in [0.05, 0.1) is 12.1 Å². The molecule has 0 radical (unpaired) electrons. The van der Waals surface area contributed by atoms with Gasteiger partial charge in [-0.3, -0.25) is 9.69 Å². The minimum Gasteiger partial charge on any atom is -0.368 e. The first-order valence-corrected chi connectivity index (χ1v) is 8.78. The number of carbonyl (C=O) groups is 1. The van der Waals surface area contributed by atoms with E-state index in [1.54, 1.807) is 0 Å². The molecule has 1 aliphatic heterocycles. The summed E-state index contributed by atoms with van der Waals surface area (Å²) in [7, 11) is 0. The lowest BCUT2D eigenvalue weighted by Gasteiger charge is -2.32. The van der Waals surface area contributed by atoms with Gasteiger partial charge in [0.2, 0.25) is 5.91 Å². The first-order chi connectivity index (χ1) is 11.6. The largest absolute Gasteiger partial charge is 0.368 e. The molecular formula is C21H26N2O. The Morgan fingerprint density at radius 2 is 1.58 bits per heavy atom. The zero-order valence-electron chi connectivity index (χ0n) is 14.5. The third-order valence-corrected chi connectivity index (χ3v) is 4.99. The number of nitrogens with zero attached hydrogens (tertiary/aromatic N) is 1. The van der Waals surface area contributed by atoms with Crippen LogP contribution in [0.4, 0.5) is 0 Å². The zero-order chi connectivity index (χ0) is 17.1. The van der Waals surface area contributed by atoms with Gasteiger partial charge in [0.15, 0.2) is 0 Å². The Morgan fingerprint density at radius 1 is 1.00 bits per heavy atom. The van der Waals surface area contributed by atoms with Crippen LogP contribution in [0.5, 0.6) is 0 Å². The van der Waals surface area contributed by atoms with Crippen molar-refractivity contribution < 1.29 is 4.79 Å². The first-order valence-electron chi connectivity index (χ1n) is 8.78. The summed E-state index contributed by atoms with van der Waals surface area (Å²) in [6, 6.07) is 19.1. The van der Waals surface area contributed by atoms with Crippen molar-refractivity contribution in [1.82, 2.24) is 4.90 Å². The molecule has 3 nitrogen and oxygen atoms in total. The number of nitrogens with two attached hydrogens (primary N) is 1. The molecule has 24 heavy (non-hydrogen) atoms. The SMILES string of the molecule is CC(C)c1ccc([C@H](c2ccccc2)N2CCCC2C(N)=O)cc1. The molecule has 0 saturated carbocycles. The average Bonchev–Trinajstić information content (AvgIpc) is 3.06. The van der Waals surface area contributed by atoms with Crippen molar-refractivity contribution >= 4 is 5.91 Å². The van der Waals surface area contributed by atoms with Gasteiger partial charge < -0.3 is 5.73 Å². The second kappa shape index (κ2) is 7.18. The third kappa shape index (κ3) is 3.36. The molecule has 2 atom stereocenters. The van der Waals surface area contributed by atoms with Gasteiger partial charge in [0.25, 0.3) is 0 Å². The standard InChI is InChI=1S/C21H26N2O/c1-15(2)16-10-12-18(13-11-16)20(17-7-4-3-5-8-17)23-14-6-9-19(23)21(22)24/h3-5,7-8,10-13,15,19-20H,6,9,14H2,1-2H3,(H2,22,24)/t19?,20-/m0/s1. The Balaban J connectivity index is 2.01. The van der Waals surface area contributed by atoms with Crippen LogP contribution in [-0.2, 0) is 4.79 Å². The van der Waals surface area contributed by atoms with E-state index in [9.17, 15) is 4.79 Å². The second-order valence-electron chi connectivity index (χ2n) is 6.93. The number of rotatable bonds is 5. The Kier molecular flexibility index (Phi) is 5.00. The normalized spacial score (nSPS) is 19.5. The summed E-state index contributed by atoms with van der Waals surface area (Å²) in [6.07, 6.45) is 1.86. The zero-order valence-corrected chi connectivity index (χ0v) is 14.5. The highest BCUT2D eigenvalue weighted by molar-refractivity contribution is 5.80. The quantitative estimate of drug-likeness (QED) is 0.909. The summed E-state index contributed by atoms with van der Waals surface area (Å²) in [4.78, 5) is 14.2. The molecule has 0 spiro atoms. The highest BCUT2D eigenvalue weighted by Crippen LogP contribution is 2.35. The number of benzene rings is 2. The number of likely N-dealkylation sites (tertiary alicyclic amines) is 1. The van der Waals surface area contributed by atoms with E-state index in [-0.39, 0.29) is 18.0 Å². The van der Waals surface area contributed by atoms with Gasteiger partial charge in [0.1, 0.15) is 0 Å². The molecule has 3 rings (SSSR count). The highest BCUT2D eigenvalue weighted by Gasteiger charge is 2.35. The minimum atomic E-state index is -0.216. The van der Waals surface area contributed by atoms with Crippen LogP contribution in [0.3, 0.4) is 0 Å². The van der Waals surface area contributed by atoms with Gasteiger partial charge in [-0.25, -0.2) is 0 Å². The number of amides is 1. The smallest absolute Gasteiger partial charge is 0.234 e. The predicted molar refractivity (Wildman–Crippen MR) is 97.7 cm³/mol. The van der Waals surface area contributed by atoms with Crippen LogP contribution in [-0.4, -0.2) is 23.4 Å². The van der Waals surface area contributed by atoms with E-state index in [4.69, 9.17) is 5.73 Å². The summed E-state index contributed by atoms with van der Waals surface area (Å²) in [5.41, 5.74) is 9.43. The Bertz CT molecular complexity index is 679. The van der Waals surface area contributed by atoms with Gasteiger partial charge in [-0.15, -0.1) is 0 Å². The third-order valence-electron chi connectivity index (χ3n) is 4.99. The molecule has 1 unspecified atom stereocenters. The lowest BCUT2D eigenvalue weighted by Crippen LogP contribution is -2.42. The van der Waals surface area contributed by atoms with E-state index in [0.717, 1.165) is 19.4 Å². The molecule has 0 bridgehead atoms. The molecule has 0 aliphatic carbocycles. The van der Waals surface area contributed by atoms with Crippen LogP contribution >= 0.6 is 0 Å². The summed E-state index contributed by atoms with van der Waals surface area (Å²) < 4.78 is 0. The van der Waals surface area contributed by atoms with Crippen molar-refractivity contribution in [3.8, 4) is 0 Å². The Morgan fingerprint density at radius 3 is 2.17 bits per heavy atom. The fourth-order valence-electron chi connectivity index (χ4n) is 3.68. The number of carbonyl (C=O) groups excluding carboxylic acids is 1. The molecule has 2 N–H and O–H groups in total. The maximum absolute atomic E-state index is 11.9. The predicted octanol–water partition coefficient (Wildman–Crippen LogP) is 3.85. The molecule has 2 aromatic rings. The molecule has 1 amide bonds. The van der Waals surface area contributed by atoms with Gasteiger partial charge in [-0.1, -0.05) is 68.4 Å². The van der Waals surface area contributed by atoms with E-state index >= 15 is 0 Å². The van der Waals surface area contributed by atoms with Gasteiger partial charge in [-0.2, -0.15) is 0 Å². The minimum absolute atomic E-state index is 0.0763. The van der Waals surface area contributed by atoms with Crippen molar-refractivity contribution in [2.24, 2.45) is 5.73 Å². The van der Waals surface area contributed by atoms with Crippen LogP contribution in [0.25, 0.3) is 0 Å². The molecule has 1 heterocycles. The van der Waals surface area contributed by atoms with E-state index in [1.807, 2.05) is 6.07 Å². The highest BCUT2D eigenvalue weighted by atomic mass is 16.1. The molecule has 1 fully saturated rings. The summed E-state index contributed by atoms with van der Waals surface area (Å²) in [5.74, 6) is 0.298. The topological polar surface area (TPSA) is 46.3 Å². The molecule has 1 aliphatic rings. The van der Waals surface area contributed by atoms with E-state index in [2.05, 4.69) is 67.3 Å². The van der Waals surface area contributed by atoms with Crippen LogP contribution < -0.4 is 5.73 Å². The van der Waals surface area contributed by atoms with Gasteiger partial charge in [0, 0.05) is 0 Å². The van der Waals surface area contributed by atoms with E-state index in [0.29, 0.717) is 5.92 Å². The summed E-state index contributed by atoms with van der Waals surface area (Å²) >= 11 is 0. The lowest BCUT2D eigenvalue weighted by molar-refractivity contribution is -0.122. The first kappa shape index (κ1) is 16.7. The van der Waals surface area contributed by atoms with Gasteiger partial charge in [-0.05, 0) is 42.0 Å². The maximum atomic E-state index is 11.9. The lowest BCUT2D eigenvalue weighted by atomic mass is 9.93. The second-order valence-corrected chi connectivity index (χ2v) is 6.93. The van der Waals surface area contributed by atoms with E-state index in [1.165, 1.54) is 16.7 Å². The monoisotopic (exact) mass is 322 g/mol. The average molecular weight is 322 g/mol. The van der Waals surface area contributed by atoms with Gasteiger partial charge >= 0.3 is 0 Å². The van der Waals surface area contributed by atoms with E-state index < -0.39 is 0 Å². The van der Waals surface area contributed by atoms with Crippen LogP contribution in [0, 0.1) is 0 Å². The molecule has 3 heteroatoms. The Hall–Kier alpha value is -2.13. The fraction of sp³-hybridized carbons (Fsp3) is 0.381. The summed E-state index contributed by atoms with van der Waals surface area (Å²) in [6.45, 7) is 5.31. The number of primary amides is 1. The maximum Gasteiger partial charge on any atom is 0.234 e. The van der Waals surface area contributed by atoms with Crippen molar-refractivity contribution in [3.63, 3.8) is 0 Å².